The smallest absolute Gasteiger partial charge is 0.303 e. The number of benzene rings is 1. The summed E-state index contributed by atoms with van der Waals surface area (Å²) in [7, 11) is 0. The fourth-order valence-corrected chi connectivity index (χ4v) is 2.32. The van der Waals surface area contributed by atoms with Gasteiger partial charge in [-0.1, -0.05) is 19.1 Å². The fraction of sp³-hybridized carbons (Fsp3) is 0.467. The number of thioether (sulfide) groups is 1. The molecule has 1 amide bonds. The maximum absolute atomic E-state index is 12.0. The van der Waals surface area contributed by atoms with Crippen molar-refractivity contribution in [2.45, 2.75) is 25.5 Å². The zero-order valence-corrected chi connectivity index (χ0v) is 12.7. The van der Waals surface area contributed by atoms with Crippen LogP contribution in [0.5, 0.6) is 0 Å². The normalized spacial score (nSPS) is 11.9. The molecule has 0 saturated heterocycles. The van der Waals surface area contributed by atoms with Crippen molar-refractivity contribution < 1.29 is 14.7 Å². The van der Waals surface area contributed by atoms with Crippen molar-refractivity contribution in [3.63, 3.8) is 0 Å². The molecule has 1 atom stereocenters. The maximum Gasteiger partial charge on any atom is 0.303 e. The molecule has 20 heavy (non-hydrogen) atoms. The lowest BCUT2D eigenvalue weighted by atomic mass is 10.1. The van der Waals surface area contributed by atoms with Gasteiger partial charge in [0.05, 0.1) is 0 Å². The number of hydrogen-bond acceptors (Lipinski definition) is 3. The molecule has 2 N–H and O–H groups in total. The first-order chi connectivity index (χ1) is 9.52. The Morgan fingerprint density at radius 3 is 2.80 bits per heavy atom. The van der Waals surface area contributed by atoms with E-state index < -0.39 is 5.97 Å². The Morgan fingerprint density at radius 1 is 1.40 bits per heavy atom. The van der Waals surface area contributed by atoms with E-state index in [1.807, 2.05) is 31.4 Å². The molecule has 0 fully saturated rings. The van der Waals surface area contributed by atoms with Crippen LogP contribution >= 0.6 is 11.8 Å². The van der Waals surface area contributed by atoms with Crippen molar-refractivity contribution in [3.8, 4) is 0 Å². The van der Waals surface area contributed by atoms with Crippen LogP contribution in [0.15, 0.2) is 24.3 Å². The molecular formula is C15H21NO3S. The van der Waals surface area contributed by atoms with Crippen LogP contribution in [-0.2, 0) is 10.5 Å². The second kappa shape index (κ2) is 8.64. The summed E-state index contributed by atoms with van der Waals surface area (Å²) in [6.45, 7) is 2.44. The minimum absolute atomic E-state index is 0.102. The van der Waals surface area contributed by atoms with E-state index in [1.165, 1.54) is 0 Å². The zero-order valence-electron chi connectivity index (χ0n) is 11.9. The molecule has 0 radical (unpaired) electrons. The average Bonchev–Trinajstić information content (AvgIpc) is 2.43. The van der Waals surface area contributed by atoms with Gasteiger partial charge >= 0.3 is 5.97 Å². The zero-order chi connectivity index (χ0) is 15.0. The van der Waals surface area contributed by atoms with Gasteiger partial charge < -0.3 is 10.4 Å². The fourth-order valence-electron chi connectivity index (χ4n) is 1.81. The Kier molecular flexibility index (Phi) is 7.15. The van der Waals surface area contributed by atoms with Gasteiger partial charge in [-0.3, -0.25) is 9.59 Å². The summed E-state index contributed by atoms with van der Waals surface area (Å²) in [5.41, 5.74) is 1.78. The topological polar surface area (TPSA) is 66.4 Å². The number of rotatable bonds is 8. The molecule has 0 aliphatic carbocycles. The number of nitrogens with one attached hydrogen (secondary N) is 1. The van der Waals surface area contributed by atoms with Gasteiger partial charge in [0.15, 0.2) is 0 Å². The summed E-state index contributed by atoms with van der Waals surface area (Å²) in [5.74, 6) is 0.142. The molecule has 0 heterocycles. The van der Waals surface area contributed by atoms with E-state index in [0.29, 0.717) is 18.5 Å². The number of hydrogen-bond donors (Lipinski definition) is 2. The van der Waals surface area contributed by atoms with Crippen LogP contribution in [0.3, 0.4) is 0 Å². The minimum atomic E-state index is -0.798. The Morgan fingerprint density at radius 2 is 2.15 bits per heavy atom. The molecule has 5 heteroatoms. The lowest BCUT2D eigenvalue weighted by Gasteiger charge is -2.12. The van der Waals surface area contributed by atoms with Crippen molar-refractivity contribution in [1.29, 1.82) is 0 Å². The number of aliphatic carboxylic acids is 1. The second-order valence-corrected chi connectivity index (χ2v) is 5.75. The third-order valence-electron chi connectivity index (χ3n) is 2.96. The summed E-state index contributed by atoms with van der Waals surface area (Å²) in [6, 6.07) is 7.58. The van der Waals surface area contributed by atoms with Crippen LogP contribution in [-0.4, -0.2) is 29.8 Å². The molecule has 0 saturated carbocycles. The monoisotopic (exact) mass is 295 g/mol. The highest BCUT2D eigenvalue weighted by Gasteiger charge is 2.09. The van der Waals surface area contributed by atoms with Crippen LogP contribution in [0.4, 0.5) is 0 Å². The maximum atomic E-state index is 12.0. The van der Waals surface area contributed by atoms with Gasteiger partial charge in [0.1, 0.15) is 0 Å². The van der Waals surface area contributed by atoms with Crippen molar-refractivity contribution >= 4 is 23.6 Å². The Hall–Kier alpha value is -1.49. The van der Waals surface area contributed by atoms with E-state index >= 15 is 0 Å². The molecule has 0 spiro atoms. The van der Waals surface area contributed by atoms with E-state index in [4.69, 9.17) is 5.11 Å². The molecule has 1 rings (SSSR count). The molecule has 0 aliphatic rings. The minimum Gasteiger partial charge on any atom is -0.481 e. The second-order valence-electron chi connectivity index (χ2n) is 4.88. The molecule has 0 aromatic heterocycles. The van der Waals surface area contributed by atoms with E-state index in [1.54, 1.807) is 17.8 Å². The van der Waals surface area contributed by atoms with Gasteiger partial charge in [-0.2, -0.15) is 11.8 Å². The Bertz CT molecular complexity index is 462. The van der Waals surface area contributed by atoms with Gasteiger partial charge in [-0.05, 0) is 36.3 Å². The van der Waals surface area contributed by atoms with Crippen molar-refractivity contribution in [2.75, 3.05) is 12.8 Å². The molecule has 4 nitrogen and oxygen atoms in total. The predicted octanol–water partition coefficient (Wildman–Crippen LogP) is 2.78. The van der Waals surface area contributed by atoms with Crippen molar-refractivity contribution in [1.82, 2.24) is 5.32 Å². The predicted molar refractivity (Wildman–Crippen MR) is 82.0 cm³/mol. The van der Waals surface area contributed by atoms with Crippen molar-refractivity contribution in [2.24, 2.45) is 5.92 Å². The number of carbonyl (C=O) groups excluding carboxylic acids is 1. The van der Waals surface area contributed by atoms with E-state index in [0.717, 1.165) is 11.3 Å². The first-order valence-corrected chi connectivity index (χ1v) is 8.00. The number of amides is 1. The van der Waals surface area contributed by atoms with Crippen LogP contribution in [0.25, 0.3) is 0 Å². The molecule has 110 valence electrons. The molecular weight excluding hydrogens is 274 g/mol. The Labute approximate surface area is 124 Å². The molecule has 1 aromatic carbocycles. The summed E-state index contributed by atoms with van der Waals surface area (Å²) in [6.07, 6.45) is 2.74. The number of carboxylic acid groups (broad SMARTS) is 1. The van der Waals surface area contributed by atoms with Gasteiger partial charge in [0.2, 0.25) is 0 Å². The first kappa shape index (κ1) is 16.6. The van der Waals surface area contributed by atoms with Gasteiger partial charge in [0.25, 0.3) is 5.91 Å². The number of carboxylic acids is 1. The number of carbonyl (C=O) groups is 2. The summed E-state index contributed by atoms with van der Waals surface area (Å²) in [5, 5.41) is 11.5. The highest BCUT2D eigenvalue weighted by atomic mass is 32.2. The Balaban J connectivity index is 2.46. The van der Waals surface area contributed by atoms with Crippen LogP contribution < -0.4 is 5.32 Å². The lowest BCUT2D eigenvalue weighted by Crippen LogP contribution is -2.28. The quantitative estimate of drug-likeness (QED) is 0.774. The third kappa shape index (κ3) is 6.10. The average molecular weight is 295 g/mol. The van der Waals surface area contributed by atoms with E-state index in [2.05, 4.69) is 5.32 Å². The van der Waals surface area contributed by atoms with E-state index in [-0.39, 0.29) is 18.2 Å². The van der Waals surface area contributed by atoms with Crippen LogP contribution in [0.1, 0.15) is 35.7 Å². The highest BCUT2D eigenvalue weighted by molar-refractivity contribution is 7.97. The van der Waals surface area contributed by atoms with Gasteiger partial charge in [0, 0.05) is 24.3 Å². The lowest BCUT2D eigenvalue weighted by molar-refractivity contribution is -0.137. The summed E-state index contributed by atoms with van der Waals surface area (Å²) >= 11 is 1.72. The van der Waals surface area contributed by atoms with E-state index in [9.17, 15) is 9.59 Å². The molecule has 0 bridgehead atoms. The van der Waals surface area contributed by atoms with Gasteiger partial charge in [-0.25, -0.2) is 0 Å². The molecule has 1 aromatic rings. The van der Waals surface area contributed by atoms with Crippen molar-refractivity contribution in [3.05, 3.63) is 35.4 Å². The standard InChI is InChI=1S/C15H21NO3S/c1-11(6-7-14(17)18)9-16-15(19)13-5-3-4-12(8-13)10-20-2/h3-5,8,11H,6-7,9-10H2,1-2H3,(H,16,19)(H,17,18). The SMILES string of the molecule is CSCc1cccc(C(=O)NCC(C)CCC(=O)O)c1. The molecule has 1 unspecified atom stereocenters. The first-order valence-electron chi connectivity index (χ1n) is 6.60. The van der Waals surface area contributed by atoms with Crippen LogP contribution in [0, 0.1) is 5.92 Å². The third-order valence-corrected chi connectivity index (χ3v) is 3.58. The summed E-state index contributed by atoms with van der Waals surface area (Å²) in [4.78, 5) is 22.5. The van der Waals surface area contributed by atoms with Gasteiger partial charge in [-0.15, -0.1) is 0 Å². The molecule has 0 aliphatic heterocycles. The van der Waals surface area contributed by atoms with Crippen LogP contribution in [0.2, 0.25) is 0 Å². The summed E-state index contributed by atoms with van der Waals surface area (Å²) < 4.78 is 0. The highest BCUT2D eigenvalue weighted by Crippen LogP contribution is 2.11. The largest absolute Gasteiger partial charge is 0.481 e.